The van der Waals surface area contributed by atoms with Gasteiger partial charge in [0, 0.05) is 18.8 Å². The van der Waals surface area contributed by atoms with Crippen molar-refractivity contribution in [2.75, 3.05) is 0 Å². The van der Waals surface area contributed by atoms with E-state index in [1.54, 1.807) is 13.8 Å². The molecule has 0 aromatic heterocycles. The zero-order valence-corrected chi connectivity index (χ0v) is 3.84. The molecule has 0 aliphatic heterocycles. The van der Waals surface area contributed by atoms with E-state index in [1.165, 1.54) is 0 Å². The summed E-state index contributed by atoms with van der Waals surface area (Å²) in [5.74, 6) is 0. The second-order valence-corrected chi connectivity index (χ2v) is 1.38. The van der Waals surface area contributed by atoms with Gasteiger partial charge < -0.3 is 0 Å². The van der Waals surface area contributed by atoms with E-state index in [4.69, 9.17) is 0 Å². The second kappa shape index (κ2) is 4.56. The van der Waals surface area contributed by atoms with Gasteiger partial charge in [0.15, 0.2) is 0 Å². The standard InChI is InChI=1S/C3H7NO2.Na.H/c1-3(2)4(5)6;;/h3H,1-2H3;;. The van der Waals surface area contributed by atoms with Crippen molar-refractivity contribution in [3.63, 3.8) is 0 Å². The summed E-state index contributed by atoms with van der Waals surface area (Å²) in [4.78, 5) is 9.17. The summed E-state index contributed by atoms with van der Waals surface area (Å²) in [6, 6.07) is -0.426. The zero-order valence-electron chi connectivity index (χ0n) is 3.84. The molecule has 0 radical (unpaired) electrons. The third-order valence-corrected chi connectivity index (χ3v) is 0.422. The SMILES string of the molecule is CC(C)[N+](=O)[O-].[NaH]. The third kappa shape index (κ3) is 6.40. The van der Waals surface area contributed by atoms with E-state index in [0.717, 1.165) is 0 Å². The molecular weight excluding hydrogens is 105 g/mol. The minimum atomic E-state index is -0.426. The number of hydrogen-bond acceptors (Lipinski definition) is 2. The maximum atomic E-state index is 9.50. The van der Waals surface area contributed by atoms with Crippen molar-refractivity contribution >= 4 is 29.6 Å². The Balaban J connectivity index is 0. The number of nitro groups is 1. The normalized spacial score (nSPS) is 7.86. The van der Waals surface area contributed by atoms with Gasteiger partial charge in [-0.15, -0.1) is 0 Å². The Bertz CT molecular complexity index is 64.0. The quantitative estimate of drug-likeness (QED) is 0.273. The molecule has 3 nitrogen and oxygen atoms in total. The molecule has 0 atom stereocenters. The summed E-state index contributed by atoms with van der Waals surface area (Å²) < 4.78 is 0. The molecule has 38 valence electrons. The van der Waals surface area contributed by atoms with Gasteiger partial charge in [0.1, 0.15) is 0 Å². The Hall–Kier alpha value is 0.400. The number of hydrogen-bond donors (Lipinski definition) is 0. The van der Waals surface area contributed by atoms with Gasteiger partial charge in [0.25, 0.3) is 0 Å². The van der Waals surface area contributed by atoms with Crippen LogP contribution in [0.5, 0.6) is 0 Å². The van der Waals surface area contributed by atoms with Gasteiger partial charge in [0.05, 0.1) is 0 Å². The molecule has 0 aliphatic carbocycles. The van der Waals surface area contributed by atoms with Crippen LogP contribution < -0.4 is 0 Å². The topological polar surface area (TPSA) is 43.1 Å². The number of rotatable bonds is 1. The van der Waals surface area contributed by atoms with Crippen LogP contribution >= 0.6 is 0 Å². The van der Waals surface area contributed by atoms with Crippen LogP contribution in [0.25, 0.3) is 0 Å². The third-order valence-electron chi connectivity index (χ3n) is 0.422. The first-order valence-corrected chi connectivity index (χ1v) is 1.78. The van der Waals surface area contributed by atoms with E-state index in [1.807, 2.05) is 0 Å². The van der Waals surface area contributed by atoms with Crippen molar-refractivity contribution in [3.05, 3.63) is 10.1 Å². The summed E-state index contributed by atoms with van der Waals surface area (Å²) in [6.07, 6.45) is 0. The molecule has 0 bridgehead atoms. The fraction of sp³-hybridized carbons (Fsp3) is 1.00. The molecule has 0 aromatic rings. The first-order chi connectivity index (χ1) is 2.64. The van der Waals surface area contributed by atoms with Crippen LogP contribution in [0, 0.1) is 10.1 Å². The molecule has 0 heterocycles. The average Bonchev–Trinajstić information content (AvgIpc) is 1.36. The van der Waals surface area contributed by atoms with Crippen molar-refractivity contribution in [3.8, 4) is 0 Å². The monoisotopic (exact) mass is 113 g/mol. The maximum absolute atomic E-state index is 9.50. The Labute approximate surface area is 64.5 Å². The molecule has 0 spiro atoms. The van der Waals surface area contributed by atoms with Gasteiger partial charge in [-0.1, -0.05) is 0 Å². The molecule has 0 amide bonds. The molecule has 0 saturated heterocycles. The predicted molar refractivity (Wildman–Crippen MR) is 29.3 cm³/mol. The van der Waals surface area contributed by atoms with Gasteiger partial charge in [-0.05, 0) is 0 Å². The second-order valence-electron chi connectivity index (χ2n) is 1.38. The van der Waals surface area contributed by atoms with Gasteiger partial charge in [-0.25, -0.2) is 0 Å². The van der Waals surface area contributed by atoms with Gasteiger partial charge >= 0.3 is 29.6 Å². The van der Waals surface area contributed by atoms with Crippen LogP contribution in [-0.2, 0) is 0 Å². The fourth-order valence-corrected chi connectivity index (χ4v) is 0. The molecule has 0 rings (SSSR count). The average molecular weight is 113 g/mol. The van der Waals surface area contributed by atoms with Crippen LogP contribution in [0.1, 0.15) is 13.8 Å². The van der Waals surface area contributed by atoms with Crippen LogP contribution in [0.4, 0.5) is 0 Å². The van der Waals surface area contributed by atoms with E-state index >= 15 is 0 Å². The summed E-state index contributed by atoms with van der Waals surface area (Å²) in [6.45, 7) is 3.08. The minimum absolute atomic E-state index is 0. The Morgan fingerprint density at radius 3 is 1.71 bits per heavy atom. The molecule has 7 heavy (non-hydrogen) atoms. The summed E-state index contributed by atoms with van der Waals surface area (Å²) >= 11 is 0. The molecule has 0 aromatic carbocycles. The zero-order chi connectivity index (χ0) is 5.15. The van der Waals surface area contributed by atoms with Crippen molar-refractivity contribution < 1.29 is 4.92 Å². The van der Waals surface area contributed by atoms with E-state index < -0.39 is 6.04 Å². The van der Waals surface area contributed by atoms with E-state index in [0.29, 0.717) is 0 Å². The van der Waals surface area contributed by atoms with Gasteiger partial charge in [0.2, 0.25) is 6.04 Å². The van der Waals surface area contributed by atoms with Crippen LogP contribution in [0.3, 0.4) is 0 Å². The molecule has 0 saturated carbocycles. The van der Waals surface area contributed by atoms with Gasteiger partial charge in [-0.3, -0.25) is 10.1 Å². The van der Waals surface area contributed by atoms with Crippen molar-refractivity contribution in [1.29, 1.82) is 0 Å². The van der Waals surface area contributed by atoms with Crippen LogP contribution in [-0.4, -0.2) is 40.5 Å². The van der Waals surface area contributed by atoms with Crippen LogP contribution in [0.15, 0.2) is 0 Å². The molecular formula is C3H8NNaO2. The summed E-state index contributed by atoms with van der Waals surface area (Å²) in [7, 11) is 0. The Morgan fingerprint density at radius 2 is 1.71 bits per heavy atom. The molecule has 0 N–H and O–H groups in total. The predicted octanol–water partition coefficient (Wildman–Crippen LogP) is 0.0230. The first kappa shape index (κ1) is 10.4. The molecule has 0 aliphatic rings. The van der Waals surface area contributed by atoms with Gasteiger partial charge in [-0.2, -0.15) is 0 Å². The van der Waals surface area contributed by atoms with Crippen molar-refractivity contribution in [2.24, 2.45) is 0 Å². The van der Waals surface area contributed by atoms with Crippen LogP contribution in [0.2, 0.25) is 0 Å². The van der Waals surface area contributed by atoms with E-state index in [-0.39, 0.29) is 34.5 Å². The van der Waals surface area contributed by atoms with E-state index in [2.05, 4.69) is 0 Å². The molecule has 4 heteroatoms. The fourth-order valence-electron chi connectivity index (χ4n) is 0. The molecule has 0 fully saturated rings. The first-order valence-electron chi connectivity index (χ1n) is 1.78. The number of nitrogens with zero attached hydrogens (tertiary/aromatic N) is 1. The summed E-state index contributed by atoms with van der Waals surface area (Å²) in [5, 5.41) is 9.50. The Kier molecular flexibility index (Phi) is 6.77. The van der Waals surface area contributed by atoms with Crippen molar-refractivity contribution in [2.45, 2.75) is 19.9 Å². The Morgan fingerprint density at radius 1 is 1.57 bits per heavy atom. The van der Waals surface area contributed by atoms with Crippen molar-refractivity contribution in [1.82, 2.24) is 0 Å². The molecule has 0 unspecified atom stereocenters. The van der Waals surface area contributed by atoms with E-state index in [9.17, 15) is 10.1 Å². The summed E-state index contributed by atoms with van der Waals surface area (Å²) in [5.41, 5.74) is 0.